The van der Waals surface area contributed by atoms with Gasteiger partial charge in [0.05, 0.1) is 18.8 Å². The van der Waals surface area contributed by atoms with Gasteiger partial charge in [0, 0.05) is 17.5 Å². The molecule has 0 saturated heterocycles. The van der Waals surface area contributed by atoms with Crippen molar-refractivity contribution in [3.63, 3.8) is 0 Å². The van der Waals surface area contributed by atoms with E-state index in [0.29, 0.717) is 16.9 Å². The number of nitrogens with two attached hydrogens (primary N) is 1. The van der Waals surface area contributed by atoms with Crippen molar-refractivity contribution in [3.05, 3.63) is 64.2 Å². The van der Waals surface area contributed by atoms with E-state index in [0.717, 1.165) is 5.56 Å². The Balaban J connectivity index is 1.62. The number of primary amides is 1. The predicted octanol–water partition coefficient (Wildman–Crippen LogP) is 1.31. The number of carbonyl (C=O) groups is 3. The lowest BCUT2D eigenvalue weighted by molar-refractivity contribution is -0.184. The number of methoxy groups -OCH3 is 1. The van der Waals surface area contributed by atoms with Gasteiger partial charge in [0.25, 0.3) is 0 Å². The summed E-state index contributed by atoms with van der Waals surface area (Å²) in [6.07, 6.45) is 2.45. The molecule has 0 spiro atoms. The lowest BCUT2D eigenvalue weighted by Crippen LogP contribution is -2.73. The molecule has 3 aliphatic carbocycles. The highest BCUT2D eigenvalue weighted by molar-refractivity contribution is 6.25. The fourth-order valence-corrected chi connectivity index (χ4v) is 6.72. The first-order valence-electron chi connectivity index (χ1n) is 13.0. The number of fused-ring (bicyclic) bond motifs is 3. The molecule has 4 unspecified atom stereocenters. The molecule has 6 N–H and O–H groups in total. The summed E-state index contributed by atoms with van der Waals surface area (Å²) in [6.45, 7) is 0. The number of Topliss-reactive ketones (excluding diaryl/α,β-unsaturated/α-hetero) is 2. The summed E-state index contributed by atoms with van der Waals surface area (Å²) >= 11 is 0. The zero-order valence-corrected chi connectivity index (χ0v) is 22.4. The maximum Gasteiger partial charge on any atom is 0.230 e. The lowest BCUT2D eigenvalue weighted by Gasteiger charge is -2.53. The number of phenolic OH excluding ortho intramolecular Hbond substituents is 1. The predicted molar refractivity (Wildman–Crippen MR) is 146 cm³/mol. The van der Waals surface area contributed by atoms with E-state index in [4.69, 9.17) is 10.5 Å². The highest BCUT2D eigenvalue weighted by atomic mass is 16.5. The van der Waals surface area contributed by atoms with Gasteiger partial charge in [0.1, 0.15) is 23.2 Å². The highest BCUT2D eigenvalue weighted by Crippen LogP contribution is 2.52. The van der Waals surface area contributed by atoms with Gasteiger partial charge in [-0.1, -0.05) is 30.4 Å². The lowest BCUT2D eigenvalue weighted by atomic mass is 9.54. The topological polar surface area (TPSA) is 171 Å². The number of aliphatic hydroxyl groups excluding tert-OH is 2. The first kappa shape index (κ1) is 27.6. The van der Waals surface area contributed by atoms with Gasteiger partial charge in [0.15, 0.2) is 11.4 Å². The summed E-state index contributed by atoms with van der Waals surface area (Å²) in [5.41, 5.74) is 4.77. The number of aliphatic hydroxyl groups is 3. The number of ether oxygens (including phenoxy) is 1. The van der Waals surface area contributed by atoms with Gasteiger partial charge < -0.3 is 35.8 Å². The van der Waals surface area contributed by atoms with Crippen LogP contribution in [0, 0.1) is 17.8 Å². The number of rotatable bonds is 5. The minimum Gasteiger partial charge on any atom is -0.507 e. The van der Waals surface area contributed by atoms with Gasteiger partial charge >= 0.3 is 0 Å². The van der Waals surface area contributed by atoms with E-state index in [1.54, 1.807) is 32.2 Å². The van der Waals surface area contributed by atoms with Crippen LogP contribution in [0.2, 0.25) is 0 Å². The standard InChI is InChI=1S/C30H32N2O8/c1-32(2)24-19-13-16-12-18-15(8-7-14-5-4-6-17(11-14)40-3)9-10-20(33)22(18)25(34)21(16)27(36)30(19,39)28(37)23(26(24)35)29(31)38/h4-11,16,19,23-24,26,33-35,39H,12-13H2,1-3H3,(H2,31,38)/b8-7+/t16?,19?,23?,24-,26?,30-/m0/s1. The Labute approximate surface area is 231 Å². The van der Waals surface area contributed by atoms with Crippen LogP contribution in [-0.2, 0) is 20.8 Å². The molecule has 0 radical (unpaired) electrons. The molecule has 40 heavy (non-hydrogen) atoms. The summed E-state index contributed by atoms with van der Waals surface area (Å²) in [7, 11) is 4.81. The molecule has 10 nitrogen and oxygen atoms in total. The number of likely N-dealkylation sites (N-methyl/N-ethyl adjacent to an activating group) is 1. The second kappa shape index (κ2) is 9.88. The zero-order chi connectivity index (χ0) is 29.1. The summed E-state index contributed by atoms with van der Waals surface area (Å²) in [6, 6.07) is 9.60. The normalized spacial score (nSPS) is 29.8. The van der Waals surface area contributed by atoms with Gasteiger partial charge in [-0.3, -0.25) is 14.4 Å². The first-order chi connectivity index (χ1) is 18.9. The van der Waals surface area contributed by atoms with E-state index >= 15 is 0 Å². The van der Waals surface area contributed by atoms with Crippen molar-refractivity contribution in [2.45, 2.75) is 30.6 Å². The van der Waals surface area contributed by atoms with E-state index in [2.05, 4.69) is 0 Å². The monoisotopic (exact) mass is 548 g/mol. The maximum absolute atomic E-state index is 13.9. The molecule has 2 fully saturated rings. The molecule has 1 amide bonds. The molecular formula is C30H32N2O8. The van der Waals surface area contributed by atoms with E-state index < -0.39 is 58.7 Å². The largest absolute Gasteiger partial charge is 0.507 e. The Morgan fingerprint density at radius 1 is 1.15 bits per heavy atom. The Kier molecular flexibility index (Phi) is 6.81. The maximum atomic E-state index is 13.9. The fourth-order valence-electron chi connectivity index (χ4n) is 6.72. The molecule has 0 aromatic heterocycles. The van der Waals surface area contributed by atoms with Crippen LogP contribution in [-0.4, -0.2) is 81.8 Å². The number of benzene rings is 2. The number of phenols is 1. The smallest absolute Gasteiger partial charge is 0.230 e. The molecule has 210 valence electrons. The first-order valence-corrected chi connectivity index (χ1v) is 13.0. The van der Waals surface area contributed by atoms with Crippen molar-refractivity contribution in [1.82, 2.24) is 4.90 Å². The Morgan fingerprint density at radius 3 is 2.52 bits per heavy atom. The molecule has 10 heteroatoms. The van der Waals surface area contributed by atoms with Crippen LogP contribution in [0.5, 0.6) is 11.5 Å². The number of ketones is 2. The van der Waals surface area contributed by atoms with Crippen molar-refractivity contribution >= 4 is 35.4 Å². The van der Waals surface area contributed by atoms with Crippen LogP contribution in [0.4, 0.5) is 0 Å². The minimum absolute atomic E-state index is 0.0494. The third kappa shape index (κ3) is 4.02. The second-order valence-corrected chi connectivity index (χ2v) is 10.9. The molecule has 3 aliphatic rings. The molecule has 0 heterocycles. The third-order valence-electron chi connectivity index (χ3n) is 8.56. The van der Waals surface area contributed by atoms with Crippen molar-refractivity contribution in [3.8, 4) is 11.5 Å². The fraction of sp³-hybridized carbons (Fsp3) is 0.367. The van der Waals surface area contributed by atoms with Crippen LogP contribution in [0.15, 0.2) is 42.0 Å². The zero-order valence-electron chi connectivity index (χ0n) is 22.4. The number of hydrogen-bond acceptors (Lipinski definition) is 9. The van der Waals surface area contributed by atoms with E-state index in [1.807, 2.05) is 36.4 Å². The average molecular weight is 549 g/mol. The van der Waals surface area contributed by atoms with Gasteiger partial charge in [-0.05, 0) is 67.7 Å². The SMILES string of the molecule is COc1cccc(/C=C/c2ccc(O)c3c2CC2CC4[C@H](N(C)C)C(O)C(C(N)=O)C(=O)[C@@]4(O)C(=O)C2=C3O)c1. The molecule has 2 aromatic rings. The van der Waals surface area contributed by atoms with Gasteiger partial charge in [-0.2, -0.15) is 0 Å². The Hall–Kier alpha value is -3.99. The quantitative estimate of drug-likeness (QED) is 0.273. The molecule has 5 rings (SSSR count). The number of carbonyl (C=O) groups excluding carboxylic acids is 3. The summed E-state index contributed by atoms with van der Waals surface area (Å²) < 4.78 is 5.28. The number of hydrogen-bond donors (Lipinski definition) is 5. The summed E-state index contributed by atoms with van der Waals surface area (Å²) in [4.78, 5) is 41.0. The number of aromatic hydroxyl groups is 1. The Bertz CT molecular complexity index is 1480. The number of amides is 1. The minimum atomic E-state index is -2.68. The van der Waals surface area contributed by atoms with Crippen molar-refractivity contribution in [2.75, 3.05) is 21.2 Å². The molecule has 6 atom stereocenters. The molecule has 0 bridgehead atoms. The summed E-state index contributed by atoms with van der Waals surface area (Å²) in [5.74, 6) is -6.94. The van der Waals surface area contributed by atoms with Crippen LogP contribution < -0.4 is 10.5 Å². The average Bonchev–Trinajstić information content (AvgIpc) is 2.90. The molecule has 0 aliphatic heterocycles. The third-order valence-corrected chi connectivity index (χ3v) is 8.56. The second-order valence-electron chi connectivity index (χ2n) is 10.9. The van der Waals surface area contributed by atoms with E-state index in [9.17, 15) is 34.8 Å². The van der Waals surface area contributed by atoms with Gasteiger partial charge in [-0.15, -0.1) is 0 Å². The van der Waals surface area contributed by atoms with Crippen LogP contribution in [0.25, 0.3) is 17.9 Å². The van der Waals surface area contributed by atoms with Gasteiger partial charge in [-0.25, -0.2) is 0 Å². The van der Waals surface area contributed by atoms with Crippen LogP contribution in [0.3, 0.4) is 0 Å². The van der Waals surface area contributed by atoms with Crippen molar-refractivity contribution in [1.29, 1.82) is 0 Å². The molecule has 2 aromatic carbocycles. The van der Waals surface area contributed by atoms with Crippen molar-refractivity contribution < 1.29 is 39.5 Å². The highest BCUT2D eigenvalue weighted by Gasteiger charge is 2.67. The number of nitrogens with zero attached hydrogens (tertiary/aromatic N) is 1. The van der Waals surface area contributed by atoms with E-state index in [-0.39, 0.29) is 29.7 Å². The summed E-state index contributed by atoms with van der Waals surface area (Å²) in [5, 5.41) is 44.8. The molecular weight excluding hydrogens is 516 g/mol. The van der Waals surface area contributed by atoms with Gasteiger partial charge in [0.2, 0.25) is 11.7 Å². The molecule has 2 saturated carbocycles. The van der Waals surface area contributed by atoms with Crippen molar-refractivity contribution in [2.24, 2.45) is 23.5 Å². The van der Waals surface area contributed by atoms with Crippen LogP contribution >= 0.6 is 0 Å². The van der Waals surface area contributed by atoms with Crippen LogP contribution in [0.1, 0.15) is 28.7 Å². The van der Waals surface area contributed by atoms with E-state index in [1.165, 1.54) is 6.07 Å². The Morgan fingerprint density at radius 2 is 1.88 bits per heavy atom.